The molecule has 0 aliphatic carbocycles. The molecule has 0 aliphatic heterocycles. The van der Waals surface area contributed by atoms with Crippen molar-refractivity contribution in [1.29, 1.82) is 0 Å². The van der Waals surface area contributed by atoms with Crippen LogP contribution < -0.4 is 5.32 Å². The van der Waals surface area contributed by atoms with Crippen LogP contribution in [-0.2, 0) is 6.54 Å². The van der Waals surface area contributed by atoms with E-state index in [9.17, 15) is 13.2 Å². The predicted octanol–water partition coefficient (Wildman–Crippen LogP) is 0.875. The maximum Gasteiger partial charge on any atom is 0.401 e. The van der Waals surface area contributed by atoms with Gasteiger partial charge in [0.1, 0.15) is 5.82 Å². The minimum Gasteiger partial charge on any atom is -0.395 e. The van der Waals surface area contributed by atoms with Gasteiger partial charge in [0.15, 0.2) is 0 Å². The van der Waals surface area contributed by atoms with Crippen LogP contribution in [0.4, 0.5) is 19.0 Å². The lowest BCUT2D eigenvalue weighted by Crippen LogP contribution is -2.36. The largest absolute Gasteiger partial charge is 0.401 e. The molecule has 0 fully saturated rings. The lowest BCUT2D eigenvalue weighted by Gasteiger charge is -2.22. The molecule has 0 saturated carbocycles. The fraction of sp³-hybridized carbons (Fsp3) is 0.600. The quantitative estimate of drug-likeness (QED) is 0.798. The number of halogens is 3. The Morgan fingerprint density at radius 2 is 2.06 bits per heavy atom. The van der Waals surface area contributed by atoms with E-state index >= 15 is 0 Å². The number of rotatable bonds is 6. The fourth-order valence-electron chi connectivity index (χ4n) is 1.40. The molecule has 1 rings (SSSR count). The zero-order valence-electron chi connectivity index (χ0n) is 9.91. The summed E-state index contributed by atoms with van der Waals surface area (Å²) in [5.41, 5.74) is 0.423. The van der Waals surface area contributed by atoms with Gasteiger partial charge in [0.05, 0.1) is 31.2 Å². The summed E-state index contributed by atoms with van der Waals surface area (Å²) < 4.78 is 36.8. The Balaban J connectivity index is 2.64. The van der Waals surface area contributed by atoms with E-state index < -0.39 is 12.7 Å². The van der Waals surface area contributed by atoms with Crippen LogP contribution in [0.2, 0.25) is 0 Å². The number of hydrogen-bond acceptors (Lipinski definition) is 5. The fourth-order valence-corrected chi connectivity index (χ4v) is 1.40. The summed E-state index contributed by atoms with van der Waals surface area (Å²) in [6.07, 6.45) is -1.44. The van der Waals surface area contributed by atoms with Crippen LogP contribution in [0.15, 0.2) is 12.4 Å². The third kappa shape index (κ3) is 5.28. The van der Waals surface area contributed by atoms with Gasteiger partial charge >= 0.3 is 6.18 Å². The first-order valence-corrected chi connectivity index (χ1v) is 5.33. The molecule has 0 bridgehead atoms. The van der Waals surface area contributed by atoms with Gasteiger partial charge in [0.25, 0.3) is 0 Å². The summed E-state index contributed by atoms with van der Waals surface area (Å²) >= 11 is 0. The number of aliphatic hydroxyl groups excluding tert-OH is 1. The molecular formula is C10H15F3N4O. The van der Waals surface area contributed by atoms with Crippen LogP contribution in [0.25, 0.3) is 0 Å². The smallest absolute Gasteiger partial charge is 0.395 e. The van der Waals surface area contributed by atoms with E-state index in [1.807, 2.05) is 0 Å². The number of nitrogens with zero attached hydrogens (tertiary/aromatic N) is 3. The molecule has 5 nitrogen and oxygen atoms in total. The van der Waals surface area contributed by atoms with Gasteiger partial charge in [-0.1, -0.05) is 0 Å². The van der Waals surface area contributed by atoms with E-state index in [0.717, 1.165) is 4.90 Å². The standard InChI is InChI=1S/C10H15F3N4O/c1-14-9-5-15-8(4-16-9)6-17(2-3-18)7-10(11,12)13/h4-5,18H,2-3,6-7H2,1H3,(H,14,16). The van der Waals surface area contributed by atoms with Crippen molar-refractivity contribution in [2.75, 3.05) is 32.1 Å². The maximum atomic E-state index is 12.3. The van der Waals surface area contributed by atoms with Crippen LogP contribution in [0.3, 0.4) is 0 Å². The van der Waals surface area contributed by atoms with Gasteiger partial charge in [-0.05, 0) is 0 Å². The second-order valence-corrected chi connectivity index (χ2v) is 3.69. The molecule has 0 aliphatic rings. The highest BCUT2D eigenvalue weighted by Crippen LogP contribution is 2.17. The molecule has 0 radical (unpaired) electrons. The van der Waals surface area contributed by atoms with E-state index in [-0.39, 0.29) is 19.7 Å². The summed E-state index contributed by atoms with van der Waals surface area (Å²) in [6.45, 7) is -1.48. The van der Waals surface area contributed by atoms with E-state index in [1.165, 1.54) is 12.4 Å². The van der Waals surface area contributed by atoms with Gasteiger partial charge < -0.3 is 10.4 Å². The Labute approximate surface area is 103 Å². The van der Waals surface area contributed by atoms with Gasteiger partial charge in [0.2, 0.25) is 0 Å². The maximum absolute atomic E-state index is 12.3. The summed E-state index contributed by atoms with van der Waals surface area (Å²) in [5.74, 6) is 0.545. The number of aromatic nitrogens is 2. The Bertz CT molecular complexity index is 355. The first-order valence-electron chi connectivity index (χ1n) is 5.33. The SMILES string of the molecule is CNc1cnc(CN(CCO)CC(F)(F)F)cn1. The van der Waals surface area contributed by atoms with Crippen LogP contribution in [-0.4, -0.2) is 52.9 Å². The number of hydrogen-bond donors (Lipinski definition) is 2. The van der Waals surface area contributed by atoms with Crippen LogP contribution in [0.1, 0.15) is 5.69 Å². The molecule has 1 aromatic rings. The Hall–Kier alpha value is -1.41. The number of aliphatic hydroxyl groups is 1. The third-order valence-corrected chi connectivity index (χ3v) is 2.17. The lowest BCUT2D eigenvalue weighted by molar-refractivity contribution is -0.148. The van der Waals surface area contributed by atoms with Gasteiger partial charge in [0, 0.05) is 20.1 Å². The van der Waals surface area contributed by atoms with Gasteiger partial charge in [-0.25, -0.2) is 4.98 Å². The molecule has 0 aromatic carbocycles. The summed E-state index contributed by atoms with van der Waals surface area (Å²) in [7, 11) is 1.67. The van der Waals surface area contributed by atoms with Crippen molar-refractivity contribution in [3.8, 4) is 0 Å². The van der Waals surface area contributed by atoms with Gasteiger partial charge in [-0.15, -0.1) is 0 Å². The van der Waals surface area contributed by atoms with E-state index in [0.29, 0.717) is 11.5 Å². The second kappa shape index (κ2) is 6.50. The molecule has 2 N–H and O–H groups in total. The predicted molar refractivity (Wildman–Crippen MR) is 60.0 cm³/mol. The monoisotopic (exact) mass is 264 g/mol. The molecule has 102 valence electrons. The summed E-state index contributed by atoms with van der Waals surface area (Å²) in [4.78, 5) is 9.02. The van der Waals surface area contributed by atoms with Crippen molar-refractivity contribution < 1.29 is 18.3 Å². The summed E-state index contributed by atoms with van der Waals surface area (Å²) in [5, 5.41) is 11.5. The zero-order chi connectivity index (χ0) is 13.6. The average Bonchev–Trinajstić information content (AvgIpc) is 2.28. The molecule has 18 heavy (non-hydrogen) atoms. The van der Waals surface area contributed by atoms with Crippen LogP contribution in [0.5, 0.6) is 0 Å². The molecule has 0 saturated heterocycles. The summed E-state index contributed by atoms with van der Waals surface area (Å²) in [6, 6.07) is 0. The van der Waals surface area contributed by atoms with Crippen molar-refractivity contribution in [1.82, 2.24) is 14.9 Å². The Kier molecular flexibility index (Phi) is 5.29. The highest BCUT2D eigenvalue weighted by molar-refractivity contribution is 5.29. The van der Waals surface area contributed by atoms with Gasteiger partial charge in [-0.3, -0.25) is 9.88 Å². The molecule has 1 aromatic heterocycles. The van der Waals surface area contributed by atoms with Crippen molar-refractivity contribution >= 4 is 5.82 Å². The molecule has 0 atom stereocenters. The molecule has 0 spiro atoms. The highest BCUT2D eigenvalue weighted by atomic mass is 19.4. The number of anilines is 1. The minimum absolute atomic E-state index is 0.00291. The third-order valence-electron chi connectivity index (χ3n) is 2.17. The minimum atomic E-state index is -4.30. The first kappa shape index (κ1) is 14.7. The molecular weight excluding hydrogens is 249 g/mol. The topological polar surface area (TPSA) is 61.3 Å². The number of alkyl halides is 3. The molecule has 1 heterocycles. The molecule has 0 unspecified atom stereocenters. The van der Waals surface area contributed by atoms with E-state index in [2.05, 4.69) is 15.3 Å². The highest BCUT2D eigenvalue weighted by Gasteiger charge is 2.30. The normalized spacial score (nSPS) is 11.9. The second-order valence-electron chi connectivity index (χ2n) is 3.69. The van der Waals surface area contributed by atoms with Crippen LogP contribution >= 0.6 is 0 Å². The van der Waals surface area contributed by atoms with Crippen molar-refractivity contribution in [3.63, 3.8) is 0 Å². The Morgan fingerprint density at radius 3 is 2.50 bits per heavy atom. The average molecular weight is 264 g/mol. The molecule has 8 heteroatoms. The van der Waals surface area contributed by atoms with E-state index in [1.54, 1.807) is 7.05 Å². The van der Waals surface area contributed by atoms with E-state index in [4.69, 9.17) is 5.11 Å². The zero-order valence-corrected chi connectivity index (χ0v) is 9.91. The number of nitrogens with one attached hydrogen (secondary N) is 1. The van der Waals surface area contributed by atoms with Crippen molar-refractivity contribution in [3.05, 3.63) is 18.1 Å². The Morgan fingerprint density at radius 1 is 1.33 bits per heavy atom. The first-order chi connectivity index (χ1) is 8.44. The lowest BCUT2D eigenvalue weighted by atomic mass is 10.3. The van der Waals surface area contributed by atoms with Crippen LogP contribution in [0, 0.1) is 0 Å². The van der Waals surface area contributed by atoms with Gasteiger partial charge in [-0.2, -0.15) is 13.2 Å². The molecule has 0 amide bonds. The van der Waals surface area contributed by atoms with Crippen molar-refractivity contribution in [2.45, 2.75) is 12.7 Å². The van der Waals surface area contributed by atoms with Crippen molar-refractivity contribution in [2.24, 2.45) is 0 Å².